The zero-order chi connectivity index (χ0) is 13.1. The van der Waals surface area contributed by atoms with Crippen LogP contribution in [0, 0.1) is 0 Å². The van der Waals surface area contributed by atoms with Crippen molar-refractivity contribution in [3.8, 4) is 0 Å². The van der Waals surface area contributed by atoms with Crippen molar-refractivity contribution >= 4 is 10.0 Å². The van der Waals surface area contributed by atoms with Gasteiger partial charge in [-0.15, -0.1) is 0 Å². The van der Waals surface area contributed by atoms with E-state index >= 15 is 0 Å². The molecule has 0 bridgehead atoms. The normalized spacial score (nSPS) is 19.8. The minimum atomic E-state index is -3.27. The number of morpholine rings is 1. The van der Waals surface area contributed by atoms with Gasteiger partial charge in [-0.25, -0.2) is 8.42 Å². The second-order valence-corrected chi connectivity index (χ2v) is 6.85. The van der Waals surface area contributed by atoms with Crippen LogP contribution in [0.5, 0.6) is 0 Å². The highest BCUT2D eigenvalue weighted by Gasteiger charge is 2.30. The van der Waals surface area contributed by atoms with E-state index in [1.54, 1.807) is 13.8 Å². The maximum atomic E-state index is 11.7. The number of sulfonamides is 1. The zero-order valence-electron chi connectivity index (χ0n) is 10.8. The number of nitrogens with zero attached hydrogens (tertiary/aromatic N) is 2. The maximum absolute atomic E-state index is 11.7. The van der Waals surface area contributed by atoms with Crippen LogP contribution in [0.1, 0.15) is 13.8 Å². The van der Waals surface area contributed by atoms with E-state index in [4.69, 9.17) is 10.5 Å². The van der Waals surface area contributed by atoms with E-state index in [0.717, 1.165) is 13.1 Å². The summed E-state index contributed by atoms with van der Waals surface area (Å²) < 4.78 is 29.9. The Morgan fingerprint density at radius 1 is 1.35 bits per heavy atom. The minimum absolute atomic E-state index is 0.419. The van der Waals surface area contributed by atoms with Crippen molar-refractivity contribution in [1.29, 1.82) is 0 Å². The molecule has 17 heavy (non-hydrogen) atoms. The Bertz CT molecular complexity index is 331. The molecule has 0 saturated carbocycles. The van der Waals surface area contributed by atoms with E-state index in [1.165, 1.54) is 10.6 Å². The van der Waals surface area contributed by atoms with Gasteiger partial charge in [-0.3, -0.25) is 4.90 Å². The largest absolute Gasteiger partial charge is 0.379 e. The molecule has 0 aliphatic carbocycles. The van der Waals surface area contributed by atoms with Gasteiger partial charge in [0.05, 0.1) is 25.1 Å². The molecule has 0 amide bonds. The van der Waals surface area contributed by atoms with Crippen molar-refractivity contribution in [2.45, 2.75) is 19.5 Å². The summed E-state index contributed by atoms with van der Waals surface area (Å²) in [5, 5.41) is 0. The van der Waals surface area contributed by atoms with Gasteiger partial charge in [0.2, 0.25) is 10.0 Å². The van der Waals surface area contributed by atoms with Gasteiger partial charge in [0.15, 0.2) is 0 Å². The standard InChI is InChI=1S/C10H23N3O3S/c1-10(2,11)13(17(3,14)15)5-4-12-6-8-16-9-7-12/h4-9,11H2,1-3H3. The molecular formula is C10H23N3O3S. The summed E-state index contributed by atoms with van der Waals surface area (Å²) in [6.45, 7) is 7.64. The lowest BCUT2D eigenvalue weighted by Crippen LogP contribution is -2.56. The monoisotopic (exact) mass is 265 g/mol. The van der Waals surface area contributed by atoms with Gasteiger partial charge in [-0.05, 0) is 13.8 Å². The number of ether oxygens (including phenoxy) is 1. The van der Waals surface area contributed by atoms with E-state index in [9.17, 15) is 8.42 Å². The van der Waals surface area contributed by atoms with E-state index in [1.807, 2.05) is 0 Å². The summed E-state index contributed by atoms with van der Waals surface area (Å²) in [6.07, 6.45) is 1.20. The van der Waals surface area contributed by atoms with Crippen LogP contribution in [0.3, 0.4) is 0 Å². The first-order chi connectivity index (χ1) is 7.71. The quantitative estimate of drug-likeness (QED) is 0.664. The molecular weight excluding hydrogens is 242 g/mol. The predicted octanol–water partition coefficient (Wildman–Crippen LogP) is -0.725. The zero-order valence-corrected chi connectivity index (χ0v) is 11.7. The molecule has 1 aliphatic heterocycles. The van der Waals surface area contributed by atoms with E-state index in [-0.39, 0.29) is 0 Å². The molecule has 1 rings (SSSR count). The summed E-state index contributed by atoms with van der Waals surface area (Å²) >= 11 is 0. The van der Waals surface area contributed by atoms with Crippen LogP contribution in [0.4, 0.5) is 0 Å². The van der Waals surface area contributed by atoms with Crippen molar-refractivity contribution in [2.75, 3.05) is 45.6 Å². The molecule has 1 aliphatic rings. The number of rotatable bonds is 5. The van der Waals surface area contributed by atoms with E-state index < -0.39 is 15.7 Å². The van der Waals surface area contributed by atoms with Gasteiger partial charge >= 0.3 is 0 Å². The molecule has 1 heterocycles. The van der Waals surface area contributed by atoms with Crippen LogP contribution in [0.15, 0.2) is 0 Å². The fourth-order valence-corrected chi connectivity index (χ4v) is 3.21. The Kier molecular flexibility index (Phi) is 4.91. The van der Waals surface area contributed by atoms with E-state index in [2.05, 4.69) is 4.90 Å². The molecule has 0 atom stereocenters. The third-order valence-corrected chi connectivity index (χ3v) is 4.22. The Hall–Kier alpha value is -0.210. The second-order valence-electron chi connectivity index (χ2n) is 4.94. The Labute approximate surface area is 104 Å². The topological polar surface area (TPSA) is 75.9 Å². The molecule has 0 aromatic heterocycles. The molecule has 7 heteroatoms. The van der Waals surface area contributed by atoms with Crippen molar-refractivity contribution < 1.29 is 13.2 Å². The lowest BCUT2D eigenvalue weighted by atomic mass is 10.2. The fourth-order valence-electron chi connectivity index (χ4n) is 1.94. The van der Waals surface area contributed by atoms with Gasteiger partial charge in [0, 0.05) is 26.2 Å². The van der Waals surface area contributed by atoms with Crippen LogP contribution in [-0.2, 0) is 14.8 Å². The van der Waals surface area contributed by atoms with Gasteiger partial charge in [-0.2, -0.15) is 4.31 Å². The van der Waals surface area contributed by atoms with Gasteiger partial charge < -0.3 is 10.5 Å². The minimum Gasteiger partial charge on any atom is -0.379 e. The van der Waals surface area contributed by atoms with Crippen molar-refractivity contribution in [1.82, 2.24) is 9.21 Å². The van der Waals surface area contributed by atoms with Crippen molar-refractivity contribution in [3.63, 3.8) is 0 Å². The highest BCUT2D eigenvalue weighted by Crippen LogP contribution is 2.12. The molecule has 1 saturated heterocycles. The third-order valence-electron chi connectivity index (χ3n) is 2.77. The molecule has 1 fully saturated rings. The third kappa shape index (κ3) is 4.89. The van der Waals surface area contributed by atoms with Crippen LogP contribution in [-0.4, -0.2) is 68.9 Å². The van der Waals surface area contributed by atoms with E-state index in [0.29, 0.717) is 26.3 Å². The molecule has 0 spiro atoms. The Morgan fingerprint density at radius 3 is 2.29 bits per heavy atom. The first kappa shape index (κ1) is 14.8. The summed E-state index contributed by atoms with van der Waals surface area (Å²) in [5.41, 5.74) is 5.02. The molecule has 0 unspecified atom stereocenters. The lowest BCUT2D eigenvalue weighted by molar-refractivity contribution is 0.0338. The van der Waals surface area contributed by atoms with Crippen LogP contribution >= 0.6 is 0 Å². The maximum Gasteiger partial charge on any atom is 0.212 e. The molecule has 102 valence electrons. The van der Waals surface area contributed by atoms with Crippen molar-refractivity contribution in [2.24, 2.45) is 5.73 Å². The van der Waals surface area contributed by atoms with Crippen LogP contribution in [0.2, 0.25) is 0 Å². The molecule has 0 aromatic carbocycles. The number of hydrogen-bond donors (Lipinski definition) is 1. The first-order valence-electron chi connectivity index (χ1n) is 5.78. The molecule has 2 N–H and O–H groups in total. The van der Waals surface area contributed by atoms with Crippen molar-refractivity contribution in [3.05, 3.63) is 0 Å². The van der Waals surface area contributed by atoms with Gasteiger partial charge in [0.1, 0.15) is 0 Å². The summed E-state index contributed by atoms with van der Waals surface area (Å²) in [6, 6.07) is 0. The van der Waals surface area contributed by atoms with Crippen LogP contribution in [0.25, 0.3) is 0 Å². The SMILES string of the molecule is CC(C)(N)N(CCN1CCOCC1)S(C)(=O)=O. The number of nitrogens with two attached hydrogens (primary N) is 1. The second kappa shape index (κ2) is 5.62. The average molecular weight is 265 g/mol. The highest BCUT2D eigenvalue weighted by atomic mass is 32.2. The Balaban J connectivity index is 2.56. The summed E-state index contributed by atoms with van der Waals surface area (Å²) in [5.74, 6) is 0. The average Bonchev–Trinajstić information content (AvgIpc) is 2.15. The smallest absolute Gasteiger partial charge is 0.212 e. The number of hydrogen-bond acceptors (Lipinski definition) is 5. The van der Waals surface area contributed by atoms with Gasteiger partial charge in [0.25, 0.3) is 0 Å². The van der Waals surface area contributed by atoms with Gasteiger partial charge in [-0.1, -0.05) is 0 Å². The Morgan fingerprint density at radius 2 is 1.88 bits per heavy atom. The highest BCUT2D eigenvalue weighted by molar-refractivity contribution is 7.88. The predicted molar refractivity (Wildman–Crippen MR) is 67.1 cm³/mol. The molecule has 0 radical (unpaired) electrons. The summed E-state index contributed by atoms with van der Waals surface area (Å²) in [4.78, 5) is 2.19. The molecule has 6 nitrogen and oxygen atoms in total. The summed E-state index contributed by atoms with van der Waals surface area (Å²) in [7, 11) is -3.27. The first-order valence-corrected chi connectivity index (χ1v) is 7.63. The molecule has 0 aromatic rings. The lowest BCUT2D eigenvalue weighted by Gasteiger charge is -2.35. The fraction of sp³-hybridized carbons (Fsp3) is 1.00. The van der Waals surface area contributed by atoms with Crippen LogP contribution < -0.4 is 5.73 Å².